The Morgan fingerprint density at radius 2 is 1.48 bits per heavy atom. The first-order chi connectivity index (χ1) is 10.0. The predicted molar refractivity (Wildman–Crippen MR) is 89.7 cm³/mol. The third kappa shape index (κ3) is 5.46. The summed E-state index contributed by atoms with van der Waals surface area (Å²) in [7, 11) is 0. The average molecular weight is 344 g/mol. The third-order valence-electron chi connectivity index (χ3n) is 2.67. The van der Waals surface area contributed by atoms with E-state index in [0.717, 1.165) is 5.69 Å². The molecule has 0 unspecified atom stereocenters. The summed E-state index contributed by atoms with van der Waals surface area (Å²) in [6.07, 6.45) is 0.326. The molecule has 0 spiro atoms. The number of nitrogens with one attached hydrogen (secondary N) is 2. The van der Waals surface area contributed by atoms with E-state index in [2.05, 4.69) is 10.6 Å². The second-order valence-corrected chi connectivity index (χ2v) is 5.70. The van der Waals surface area contributed by atoms with Crippen LogP contribution in [0.15, 0.2) is 42.5 Å². The zero-order valence-corrected chi connectivity index (χ0v) is 13.3. The molecule has 1 amide bonds. The Balaban J connectivity index is 1.80. The van der Waals surface area contributed by atoms with Crippen LogP contribution in [0.4, 0.5) is 11.4 Å². The maximum atomic E-state index is 11.8. The Bertz CT molecular complexity index is 609. The van der Waals surface area contributed by atoms with Gasteiger partial charge in [-0.2, -0.15) is 0 Å². The lowest BCUT2D eigenvalue weighted by Gasteiger charge is -2.08. The number of carbonyl (C=O) groups excluding carboxylic acids is 1. The Morgan fingerprint density at radius 1 is 0.857 bits per heavy atom. The van der Waals surface area contributed by atoms with Crippen molar-refractivity contribution in [2.24, 2.45) is 0 Å². The summed E-state index contributed by atoms with van der Waals surface area (Å²) in [4.78, 5) is 11.8. The molecule has 2 aromatic rings. The van der Waals surface area contributed by atoms with E-state index >= 15 is 0 Å². The average Bonchev–Trinajstić information content (AvgIpc) is 2.39. The van der Waals surface area contributed by atoms with Gasteiger partial charge < -0.3 is 10.6 Å². The molecular formula is C15H13Cl3N2O. The van der Waals surface area contributed by atoms with Gasteiger partial charge in [-0.05, 0) is 42.5 Å². The molecule has 0 atom stereocenters. The van der Waals surface area contributed by atoms with Crippen LogP contribution in [0.25, 0.3) is 0 Å². The fourth-order valence-electron chi connectivity index (χ4n) is 1.74. The molecule has 0 saturated heterocycles. The van der Waals surface area contributed by atoms with Crippen LogP contribution in [-0.4, -0.2) is 12.5 Å². The number of hydrogen-bond donors (Lipinski definition) is 2. The molecule has 110 valence electrons. The van der Waals surface area contributed by atoms with E-state index in [4.69, 9.17) is 34.8 Å². The normalized spacial score (nSPS) is 10.2. The maximum Gasteiger partial charge on any atom is 0.226 e. The quantitative estimate of drug-likeness (QED) is 0.794. The standard InChI is InChI=1S/C15H13Cl3N2O/c16-10-1-3-13(4-2-10)19-6-5-15(21)20-14-8-11(17)7-12(18)9-14/h1-4,7-9,19H,5-6H2,(H,20,21). The molecule has 6 heteroatoms. The second-order valence-electron chi connectivity index (χ2n) is 4.39. The van der Waals surface area contributed by atoms with Gasteiger partial charge in [0.2, 0.25) is 5.91 Å². The number of amides is 1. The highest BCUT2D eigenvalue weighted by Crippen LogP contribution is 2.22. The Morgan fingerprint density at radius 3 is 2.10 bits per heavy atom. The van der Waals surface area contributed by atoms with Crippen LogP contribution in [0.3, 0.4) is 0 Å². The fourth-order valence-corrected chi connectivity index (χ4v) is 2.39. The lowest BCUT2D eigenvalue weighted by molar-refractivity contribution is -0.115. The molecule has 0 saturated carbocycles. The summed E-state index contributed by atoms with van der Waals surface area (Å²) < 4.78 is 0. The van der Waals surface area contributed by atoms with Gasteiger partial charge in [0.25, 0.3) is 0 Å². The highest BCUT2D eigenvalue weighted by Gasteiger charge is 2.04. The van der Waals surface area contributed by atoms with Crippen molar-refractivity contribution in [3.63, 3.8) is 0 Å². The summed E-state index contributed by atoms with van der Waals surface area (Å²) in [6, 6.07) is 12.2. The molecule has 2 N–H and O–H groups in total. The van der Waals surface area contributed by atoms with Gasteiger partial charge in [0.15, 0.2) is 0 Å². The van der Waals surface area contributed by atoms with Gasteiger partial charge in [0, 0.05) is 39.4 Å². The van der Waals surface area contributed by atoms with Crippen molar-refractivity contribution < 1.29 is 4.79 Å². The largest absolute Gasteiger partial charge is 0.385 e. The smallest absolute Gasteiger partial charge is 0.226 e. The summed E-state index contributed by atoms with van der Waals surface area (Å²) in [6.45, 7) is 0.516. The van der Waals surface area contributed by atoms with Crippen molar-refractivity contribution in [1.29, 1.82) is 0 Å². The minimum absolute atomic E-state index is 0.116. The van der Waals surface area contributed by atoms with Crippen molar-refractivity contribution in [3.8, 4) is 0 Å². The summed E-state index contributed by atoms with van der Waals surface area (Å²) in [5, 5.41) is 7.53. The van der Waals surface area contributed by atoms with Crippen molar-refractivity contribution in [1.82, 2.24) is 0 Å². The number of halogens is 3. The molecule has 0 aliphatic heterocycles. The molecule has 0 fully saturated rings. The first-order valence-corrected chi connectivity index (χ1v) is 7.42. The van der Waals surface area contributed by atoms with Gasteiger partial charge in [-0.15, -0.1) is 0 Å². The molecule has 21 heavy (non-hydrogen) atoms. The third-order valence-corrected chi connectivity index (χ3v) is 3.36. The van der Waals surface area contributed by atoms with Crippen molar-refractivity contribution in [2.45, 2.75) is 6.42 Å². The lowest BCUT2D eigenvalue weighted by atomic mass is 10.3. The number of hydrogen-bond acceptors (Lipinski definition) is 2. The van der Waals surface area contributed by atoms with Gasteiger partial charge in [-0.1, -0.05) is 34.8 Å². The molecule has 0 aliphatic carbocycles. The van der Waals surface area contributed by atoms with Crippen LogP contribution in [0.1, 0.15) is 6.42 Å². The molecule has 0 heterocycles. The predicted octanol–water partition coefficient (Wildman–Crippen LogP) is 5.09. The van der Waals surface area contributed by atoms with Gasteiger partial charge in [-0.3, -0.25) is 4.79 Å². The summed E-state index contributed by atoms with van der Waals surface area (Å²) >= 11 is 17.5. The number of benzene rings is 2. The first-order valence-electron chi connectivity index (χ1n) is 6.28. The molecule has 0 aliphatic rings. The maximum absolute atomic E-state index is 11.8. The van der Waals surface area contributed by atoms with Crippen LogP contribution >= 0.6 is 34.8 Å². The summed E-state index contributed by atoms with van der Waals surface area (Å²) in [5.41, 5.74) is 1.50. The highest BCUT2D eigenvalue weighted by molar-refractivity contribution is 6.35. The molecule has 0 radical (unpaired) electrons. The van der Waals surface area contributed by atoms with E-state index in [-0.39, 0.29) is 5.91 Å². The van der Waals surface area contributed by atoms with E-state index in [9.17, 15) is 4.79 Å². The Kier molecular flexibility index (Phi) is 5.74. The van der Waals surface area contributed by atoms with E-state index in [1.165, 1.54) is 0 Å². The second kappa shape index (κ2) is 7.55. The minimum Gasteiger partial charge on any atom is -0.385 e. The van der Waals surface area contributed by atoms with Gasteiger partial charge >= 0.3 is 0 Å². The van der Waals surface area contributed by atoms with Crippen molar-refractivity contribution in [3.05, 3.63) is 57.5 Å². The van der Waals surface area contributed by atoms with Crippen molar-refractivity contribution >= 4 is 52.1 Å². The van der Waals surface area contributed by atoms with Gasteiger partial charge in [0.1, 0.15) is 0 Å². The van der Waals surface area contributed by atoms with Crippen LogP contribution < -0.4 is 10.6 Å². The Labute approximate surface area is 138 Å². The fraction of sp³-hybridized carbons (Fsp3) is 0.133. The molecule has 0 bridgehead atoms. The number of rotatable bonds is 5. The van der Waals surface area contributed by atoms with Crippen LogP contribution in [-0.2, 0) is 4.79 Å². The van der Waals surface area contributed by atoms with E-state index in [1.807, 2.05) is 12.1 Å². The molecule has 0 aromatic heterocycles. The first kappa shape index (κ1) is 16.0. The van der Waals surface area contributed by atoms with Crippen molar-refractivity contribution in [2.75, 3.05) is 17.2 Å². The van der Waals surface area contributed by atoms with Gasteiger partial charge in [-0.25, -0.2) is 0 Å². The summed E-state index contributed by atoms with van der Waals surface area (Å²) in [5.74, 6) is -0.116. The molecular weight excluding hydrogens is 331 g/mol. The number of anilines is 2. The topological polar surface area (TPSA) is 41.1 Å². The van der Waals surface area contributed by atoms with E-state index in [0.29, 0.717) is 33.7 Å². The molecule has 3 nitrogen and oxygen atoms in total. The molecule has 2 rings (SSSR count). The zero-order valence-electron chi connectivity index (χ0n) is 11.0. The van der Waals surface area contributed by atoms with Crippen LogP contribution in [0.2, 0.25) is 15.1 Å². The minimum atomic E-state index is -0.116. The van der Waals surface area contributed by atoms with Crippen LogP contribution in [0.5, 0.6) is 0 Å². The van der Waals surface area contributed by atoms with E-state index < -0.39 is 0 Å². The molecule has 2 aromatic carbocycles. The Hall–Kier alpha value is -1.42. The monoisotopic (exact) mass is 342 g/mol. The zero-order chi connectivity index (χ0) is 15.2. The van der Waals surface area contributed by atoms with Gasteiger partial charge in [0.05, 0.1) is 0 Å². The SMILES string of the molecule is O=C(CCNc1ccc(Cl)cc1)Nc1cc(Cl)cc(Cl)c1. The van der Waals surface area contributed by atoms with E-state index in [1.54, 1.807) is 30.3 Å². The lowest BCUT2D eigenvalue weighted by Crippen LogP contribution is -2.16. The van der Waals surface area contributed by atoms with Crippen LogP contribution in [0, 0.1) is 0 Å². The number of carbonyl (C=O) groups is 1. The highest BCUT2D eigenvalue weighted by atomic mass is 35.5.